The highest BCUT2D eigenvalue weighted by atomic mass is 16.5. The van der Waals surface area contributed by atoms with Gasteiger partial charge in [0.05, 0.1) is 0 Å². The highest BCUT2D eigenvalue weighted by Gasteiger charge is 2.28. The molecule has 26 heavy (non-hydrogen) atoms. The van der Waals surface area contributed by atoms with Crippen LogP contribution in [0.4, 0.5) is 0 Å². The number of rotatable bonds is 6. The molecule has 0 aromatic heterocycles. The van der Waals surface area contributed by atoms with Crippen LogP contribution in [0.3, 0.4) is 0 Å². The Balaban J connectivity index is 1.40. The van der Waals surface area contributed by atoms with Crippen molar-refractivity contribution in [1.82, 2.24) is 9.80 Å². The number of para-hydroxylation sites is 1. The quantitative estimate of drug-likeness (QED) is 0.785. The fourth-order valence-electron chi connectivity index (χ4n) is 3.97. The Labute approximate surface area is 156 Å². The first kappa shape index (κ1) is 18.7. The average Bonchev–Trinajstić information content (AvgIpc) is 3.20. The summed E-state index contributed by atoms with van der Waals surface area (Å²) in [6.07, 6.45) is 6.39. The smallest absolute Gasteiger partial charge is 0.263 e. The van der Waals surface area contributed by atoms with Crippen LogP contribution in [0.25, 0.3) is 0 Å². The van der Waals surface area contributed by atoms with Gasteiger partial charge >= 0.3 is 0 Å². The summed E-state index contributed by atoms with van der Waals surface area (Å²) in [5.41, 5.74) is 0. The van der Waals surface area contributed by atoms with Gasteiger partial charge in [0.1, 0.15) is 5.75 Å². The normalized spacial score (nSPS) is 19.4. The van der Waals surface area contributed by atoms with Crippen molar-refractivity contribution in [3.05, 3.63) is 30.3 Å². The first-order chi connectivity index (χ1) is 12.6. The highest BCUT2D eigenvalue weighted by molar-refractivity contribution is 5.81. The molecule has 3 rings (SSSR count). The maximum absolute atomic E-state index is 12.6. The summed E-state index contributed by atoms with van der Waals surface area (Å²) >= 11 is 0. The van der Waals surface area contributed by atoms with Crippen molar-refractivity contribution < 1.29 is 14.3 Å². The lowest BCUT2D eigenvalue weighted by atomic mass is 10.0. The summed E-state index contributed by atoms with van der Waals surface area (Å²) in [6.45, 7) is 4.24. The van der Waals surface area contributed by atoms with Gasteiger partial charge in [-0.2, -0.15) is 0 Å². The minimum atomic E-state index is -0.512. The van der Waals surface area contributed by atoms with E-state index >= 15 is 0 Å². The Bertz CT molecular complexity index is 591. The molecule has 0 N–H and O–H groups in total. The maximum atomic E-state index is 12.6. The summed E-state index contributed by atoms with van der Waals surface area (Å²) in [5.74, 6) is 1.69. The summed E-state index contributed by atoms with van der Waals surface area (Å²) in [7, 11) is 0. The third-order valence-corrected chi connectivity index (χ3v) is 5.59. The standard InChI is InChI=1S/C21H30N2O3/c1-17(26-19-9-3-2-4-10-19)21(25)23-15-13-22(14-16-23)20(24)12-11-18-7-5-6-8-18/h2-4,9-10,17-18H,5-8,11-16H2,1H3. The van der Waals surface area contributed by atoms with Gasteiger partial charge in [-0.25, -0.2) is 0 Å². The van der Waals surface area contributed by atoms with Crippen molar-refractivity contribution in [3.8, 4) is 5.75 Å². The van der Waals surface area contributed by atoms with Crippen LogP contribution in [-0.4, -0.2) is 53.9 Å². The molecule has 2 aliphatic rings. The van der Waals surface area contributed by atoms with Gasteiger partial charge in [-0.15, -0.1) is 0 Å². The lowest BCUT2D eigenvalue weighted by Crippen LogP contribution is -2.53. The van der Waals surface area contributed by atoms with Crippen LogP contribution in [0.5, 0.6) is 5.75 Å². The van der Waals surface area contributed by atoms with E-state index in [9.17, 15) is 9.59 Å². The molecule has 1 aliphatic heterocycles. The third-order valence-electron chi connectivity index (χ3n) is 5.59. The van der Waals surface area contributed by atoms with E-state index in [0.717, 1.165) is 12.3 Å². The van der Waals surface area contributed by atoms with Crippen molar-refractivity contribution in [2.24, 2.45) is 5.92 Å². The van der Waals surface area contributed by atoms with Gasteiger partial charge in [-0.3, -0.25) is 9.59 Å². The first-order valence-electron chi connectivity index (χ1n) is 9.92. The molecule has 0 spiro atoms. The number of benzene rings is 1. The van der Waals surface area contributed by atoms with E-state index in [1.807, 2.05) is 40.1 Å². The third kappa shape index (κ3) is 4.99. The van der Waals surface area contributed by atoms with E-state index in [0.29, 0.717) is 38.3 Å². The molecule has 1 aliphatic carbocycles. The van der Waals surface area contributed by atoms with Gasteiger partial charge < -0.3 is 14.5 Å². The molecule has 5 heteroatoms. The van der Waals surface area contributed by atoms with Crippen LogP contribution >= 0.6 is 0 Å². The predicted molar refractivity (Wildman–Crippen MR) is 101 cm³/mol. The minimum absolute atomic E-state index is 0.00749. The molecule has 5 nitrogen and oxygen atoms in total. The number of piperazine rings is 1. The molecule has 142 valence electrons. The summed E-state index contributed by atoms with van der Waals surface area (Å²) < 4.78 is 5.73. The summed E-state index contributed by atoms with van der Waals surface area (Å²) in [5, 5.41) is 0. The molecule has 1 aromatic carbocycles. The second kappa shape index (κ2) is 9.06. The maximum Gasteiger partial charge on any atom is 0.263 e. The number of carbonyl (C=O) groups excluding carboxylic acids is 2. The van der Waals surface area contributed by atoms with Crippen LogP contribution in [0.2, 0.25) is 0 Å². The fraction of sp³-hybridized carbons (Fsp3) is 0.619. The van der Waals surface area contributed by atoms with Crippen LogP contribution < -0.4 is 4.74 Å². The molecule has 1 saturated carbocycles. The van der Waals surface area contributed by atoms with Crippen LogP contribution in [0, 0.1) is 5.92 Å². The summed E-state index contributed by atoms with van der Waals surface area (Å²) in [4.78, 5) is 28.7. The Morgan fingerprint density at radius 3 is 2.31 bits per heavy atom. The number of hydrogen-bond donors (Lipinski definition) is 0. The summed E-state index contributed by atoms with van der Waals surface area (Å²) in [6, 6.07) is 9.41. The van der Waals surface area contributed by atoms with E-state index in [2.05, 4.69) is 0 Å². The molecule has 1 aromatic rings. The highest BCUT2D eigenvalue weighted by Crippen LogP contribution is 2.28. The number of amides is 2. The zero-order valence-electron chi connectivity index (χ0n) is 15.7. The average molecular weight is 358 g/mol. The van der Waals surface area contributed by atoms with Crippen molar-refractivity contribution in [3.63, 3.8) is 0 Å². The van der Waals surface area contributed by atoms with Crippen molar-refractivity contribution in [1.29, 1.82) is 0 Å². The molecule has 1 heterocycles. The topological polar surface area (TPSA) is 49.9 Å². The monoisotopic (exact) mass is 358 g/mol. The lowest BCUT2D eigenvalue weighted by molar-refractivity contribution is -0.143. The van der Waals surface area contributed by atoms with E-state index in [1.54, 1.807) is 6.92 Å². The predicted octanol–water partition coefficient (Wildman–Crippen LogP) is 3.10. The lowest BCUT2D eigenvalue weighted by Gasteiger charge is -2.36. The van der Waals surface area contributed by atoms with Crippen molar-refractivity contribution in [2.75, 3.05) is 26.2 Å². The van der Waals surface area contributed by atoms with Gasteiger partial charge in [0.2, 0.25) is 5.91 Å². The van der Waals surface area contributed by atoms with E-state index < -0.39 is 6.10 Å². The zero-order valence-corrected chi connectivity index (χ0v) is 15.7. The second-order valence-corrected chi connectivity index (χ2v) is 7.47. The van der Waals surface area contributed by atoms with Crippen molar-refractivity contribution >= 4 is 11.8 Å². The molecular formula is C21H30N2O3. The molecule has 2 amide bonds. The largest absolute Gasteiger partial charge is 0.481 e. The van der Waals surface area contributed by atoms with E-state index in [4.69, 9.17) is 4.74 Å². The second-order valence-electron chi connectivity index (χ2n) is 7.47. The van der Waals surface area contributed by atoms with Gasteiger partial charge in [0.25, 0.3) is 5.91 Å². The number of carbonyl (C=O) groups is 2. The van der Waals surface area contributed by atoms with Gasteiger partial charge in [0, 0.05) is 32.6 Å². The van der Waals surface area contributed by atoms with E-state index in [1.165, 1.54) is 25.7 Å². The van der Waals surface area contributed by atoms with Crippen LogP contribution in [-0.2, 0) is 9.59 Å². The Hall–Kier alpha value is -2.04. The van der Waals surface area contributed by atoms with Gasteiger partial charge in [0.15, 0.2) is 6.10 Å². The zero-order chi connectivity index (χ0) is 18.4. The molecule has 2 fully saturated rings. The minimum Gasteiger partial charge on any atom is -0.481 e. The van der Waals surface area contributed by atoms with Crippen molar-refractivity contribution in [2.45, 2.75) is 51.6 Å². The number of nitrogens with zero attached hydrogens (tertiary/aromatic N) is 2. The Morgan fingerprint density at radius 1 is 1.04 bits per heavy atom. The molecule has 1 atom stereocenters. The van der Waals surface area contributed by atoms with Crippen LogP contribution in [0.15, 0.2) is 30.3 Å². The van der Waals surface area contributed by atoms with Gasteiger partial charge in [-0.05, 0) is 31.4 Å². The molecule has 1 saturated heterocycles. The van der Waals surface area contributed by atoms with Crippen LogP contribution in [0.1, 0.15) is 45.4 Å². The Morgan fingerprint density at radius 2 is 1.65 bits per heavy atom. The number of hydrogen-bond acceptors (Lipinski definition) is 3. The van der Waals surface area contributed by atoms with E-state index in [-0.39, 0.29) is 11.8 Å². The fourth-order valence-corrected chi connectivity index (χ4v) is 3.97. The SMILES string of the molecule is CC(Oc1ccccc1)C(=O)N1CCN(C(=O)CCC2CCCC2)CC1. The molecular weight excluding hydrogens is 328 g/mol. The molecule has 0 radical (unpaired) electrons. The Kier molecular flexibility index (Phi) is 6.53. The molecule has 1 unspecified atom stereocenters. The number of ether oxygens (including phenoxy) is 1. The molecule has 0 bridgehead atoms. The van der Waals surface area contributed by atoms with Gasteiger partial charge in [-0.1, -0.05) is 43.9 Å². The first-order valence-corrected chi connectivity index (χ1v) is 9.92.